The zero-order valence-electron chi connectivity index (χ0n) is 45.5. The summed E-state index contributed by atoms with van der Waals surface area (Å²) in [7, 11) is -3.16. The fraction of sp³-hybridized carbons (Fsp3) is 0.532. The van der Waals surface area contributed by atoms with Crippen molar-refractivity contribution in [2.75, 3.05) is 19.8 Å². The SMILES string of the molecule is CCCCCCCC1(CCCCCCCC=C(C(=O)N2C(=S)OC(c3ccccc3)(c3ccccc3)[C@@H]2C(C)C)[C@@](O)(CCO[Si](c2ccccc2)(c2ccccc2)C(C)(C)C)C(=O)OC(C)(C)C)OCCO1. The second kappa shape index (κ2) is 25.8. The molecule has 1 amide bonds. The molecular formula is C62H85NO8SSi. The zero-order chi connectivity index (χ0) is 52.8. The van der Waals surface area contributed by atoms with Crippen LogP contribution >= 0.6 is 12.2 Å². The maximum atomic E-state index is 16.1. The minimum absolute atomic E-state index is 0.0358. The molecule has 4 aromatic rings. The molecule has 2 aliphatic heterocycles. The fourth-order valence-corrected chi connectivity index (χ4v) is 16.0. The van der Waals surface area contributed by atoms with Crippen LogP contribution in [0, 0.1) is 5.92 Å². The summed E-state index contributed by atoms with van der Waals surface area (Å²) in [4.78, 5) is 32.6. The van der Waals surface area contributed by atoms with Crippen LogP contribution in [-0.4, -0.2) is 78.2 Å². The van der Waals surface area contributed by atoms with Crippen molar-refractivity contribution in [3.8, 4) is 0 Å². The van der Waals surface area contributed by atoms with Crippen LogP contribution in [0.3, 0.4) is 0 Å². The van der Waals surface area contributed by atoms with E-state index in [0.717, 1.165) is 72.9 Å². The molecule has 73 heavy (non-hydrogen) atoms. The number of hydrogen-bond donors (Lipinski definition) is 1. The lowest BCUT2D eigenvalue weighted by atomic mass is 9.75. The van der Waals surface area contributed by atoms with Crippen molar-refractivity contribution >= 4 is 48.0 Å². The Balaban J connectivity index is 1.36. The van der Waals surface area contributed by atoms with Gasteiger partial charge in [0.25, 0.3) is 19.4 Å². The predicted molar refractivity (Wildman–Crippen MR) is 300 cm³/mol. The summed E-state index contributed by atoms with van der Waals surface area (Å²) in [5, 5.41) is 15.2. The number of carbonyl (C=O) groups excluding carboxylic acids is 2. The molecule has 2 heterocycles. The predicted octanol–water partition coefficient (Wildman–Crippen LogP) is 12.9. The van der Waals surface area contributed by atoms with Gasteiger partial charge in [0, 0.05) is 37.0 Å². The smallest absolute Gasteiger partial charge is 0.343 e. The number of ether oxygens (including phenoxy) is 4. The molecule has 2 fully saturated rings. The van der Waals surface area contributed by atoms with E-state index in [9.17, 15) is 5.11 Å². The molecule has 2 atom stereocenters. The first-order valence-electron chi connectivity index (χ1n) is 27.2. The summed E-state index contributed by atoms with van der Waals surface area (Å²) in [6.07, 6.45) is 14.4. The number of thiocarbonyl (C=S) groups is 1. The maximum Gasteiger partial charge on any atom is 0.343 e. The molecule has 9 nitrogen and oxygen atoms in total. The van der Waals surface area contributed by atoms with Gasteiger partial charge < -0.3 is 28.5 Å². The highest BCUT2D eigenvalue weighted by molar-refractivity contribution is 7.80. The average Bonchev–Trinajstić information content (AvgIpc) is 3.97. The van der Waals surface area contributed by atoms with Gasteiger partial charge >= 0.3 is 5.97 Å². The zero-order valence-corrected chi connectivity index (χ0v) is 47.3. The second-order valence-electron chi connectivity index (χ2n) is 22.5. The number of hydrogen-bond acceptors (Lipinski definition) is 9. The van der Waals surface area contributed by atoms with Crippen molar-refractivity contribution in [3.05, 3.63) is 144 Å². The highest BCUT2D eigenvalue weighted by Crippen LogP contribution is 2.49. The first kappa shape index (κ1) is 57.8. The van der Waals surface area contributed by atoms with Gasteiger partial charge in [-0.1, -0.05) is 214 Å². The maximum absolute atomic E-state index is 16.1. The molecular weight excluding hydrogens is 947 g/mol. The van der Waals surface area contributed by atoms with Crippen LogP contribution in [-0.2, 0) is 38.6 Å². The Morgan fingerprint density at radius 3 is 1.66 bits per heavy atom. The van der Waals surface area contributed by atoms with Crippen LogP contribution in [0.25, 0.3) is 0 Å². The third-order valence-corrected chi connectivity index (χ3v) is 19.9. The quantitative estimate of drug-likeness (QED) is 0.0216. The third kappa shape index (κ3) is 13.7. The van der Waals surface area contributed by atoms with Crippen LogP contribution in [0.1, 0.15) is 163 Å². The highest BCUT2D eigenvalue weighted by Gasteiger charge is 2.60. The van der Waals surface area contributed by atoms with E-state index in [0.29, 0.717) is 19.6 Å². The van der Waals surface area contributed by atoms with Gasteiger partial charge in [-0.15, -0.1) is 0 Å². The largest absolute Gasteiger partial charge is 0.458 e. The van der Waals surface area contributed by atoms with Gasteiger partial charge in [-0.25, -0.2) is 4.79 Å². The molecule has 0 aromatic heterocycles. The van der Waals surface area contributed by atoms with Gasteiger partial charge in [-0.05, 0) is 80.0 Å². The minimum Gasteiger partial charge on any atom is -0.458 e. The Morgan fingerprint density at radius 2 is 1.19 bits per heavy atom. The Hall–Kier alpha value is -4.49. The second-order valence-corrected chi connectivity index (χ2v) is 27.2. The lowest BCUT2D eigenvalue weighted by Crippen LogP contribution is -2.67. The molecule has 2 saturated heterocycles. The monoisotopic (exact) mass is 1030 g/mol. The van der Waals surface area contributed by atoms with E-state index in [4.69, 9.17) is 35.6 Å². The van der Waals surface area contributed by atoms with Crippen LogP contribution < -0.4 is 10.4 Å². The summed E-state index contributed by atoms with van der Waals surface area (Å²) < 4.78 is 32.8. The number of aliphatic hydroxyl groups is 1. The van der Waals surface area contributed by atoms with Crippen LogP contribution in [0.2, 0.25) is 5.04 Å². The van der Waals surface area contributed by atoms with Crippen molar-refractivity contribution in [3.63, 3.8) is 0 Å². The molecule has 0 bridgehead atoms. The van der Waals surface area contributed by atoms with E-state index in [1.165, 1.54) is 30.6 Å². The van der Waals surface area contributed by atoms with E-state index >= 15 is 9.59 Å². The molecule has 396 valence electrons. The minimum atomic E-state index is -3.16. The van der Waals surface area contributed by atoms with Gasteiger partial charge in [0.2, 0.25) is 0 Å². The Labute approximate surface area is 444 Å². The number of benzene rings is 4. The van der Waals surface area contributed by atoms with Crippen molar-refractivity contribution < 1.29 is 38.1 Å². The van der Waals surface area contributed by atoms with Crippen molar-refractivity contribution in [2.24, 2.45) is 5.92 Å². The van der Waals surface area contributed by atoms with Gasteiger partial charge in [-0.3, -0.25) is 9.69 Å². The van der Waals surface area contributed by atoms with Crippen molar-refractivity contribution in [2.45, 2.75) is 186 Å². The molecule has 1 N–H and O–H groups in total. The molecule has 6 rings (SSSR count). The summed E-state index contributed by atoms with van der Waals surface area (Å²) in [6, 6.07) is 39.5. The average molecular weight is 1030 g/mol. The normalized spacial score (nSPS) is 17.9. The lowest BCUT2D eigenvalue weighted by Gasteiger charge is -2.43. The first-order chi connectivity index (χ1) is 34.9. The van der Waals surface area contributed by atoms with E-state index < -0.39 is 48.8 Å². The molecule has 11 heteroatoms. The topological polar surface area (TPSA) is 104 Å². The molecule has 0 radical (unpaired) electrons. The van der Waals surface area contributed by atoms with E-state index in [2.05, 4.69) is 52.0 Å². The van der Waals surface area contributed by atoms with E-state index in [1.807, 2.05) is 111 Å². The lowest BCUT2D eigenvalue weighted by molar-refractivity contribution is -0.175. The standard InChI is InChI=1S/C62H85NO8SSi/c1-10-11-12-16-31-42-60(67-46-47-68-60)43-32-17-14-13-15-30-41-53(55(64)63-54(48(2)3)62(71-57(63)72,49-33-22-18-23-34-49)50-35-24-19-25-36-50)61(66,56(65)70-58(4,5)6)44-45-69-73(59(7,8)9,51-37-26-20-27-38-51)52-39-28-21-29-40-52/h18-29,33-41,48,54,66H,10-17,30-32,42-47H2,1-9H3/t54-,61-/m0/s1. The number of allylic oxidation sites excluding steroid dienone is 1. The van der Waals surface area contributed by atoms with Gasteiger partial charge in [0.1, 0.15) is 5.60 Å². The van der Waals surface area contributed by atoms with Crippen molar-refractivity contribution in [1.29, 1.82) is 0 Å². The molecule has 4 aromatic carbocycles. The Bertz CT molecular complexity index is 2300. The van der Waals surface area contributed by atoms with Crippen LogP contribution in [0.5, 0.6) is 0 Å². The number of unbranched alkanes of at least 4 members (excludes halogenated alkanes) is 9. The number of amides is 1. The molecule has 0 spiro atoms. The highest BCUT2D eigenvalue weighted by atomic mass is 32.1. The van der Waals surface area contributed by atoms with Gasteiger partial charge in [0.15, 0.2) is 17.0 Å². The van der Waals surface area contributed by atoms with Gasteiger partial charge in [-0.2, -0.15) is 0 Å². The number of nitrogens with zero attached hydrogens (tertiary/aromatic N) is 1. The number of carbonyl (C=O) groups is 2. The Morgan fingerprint density at radius 1 is 0.726 bits per heavy atom. The third-order valence-electron chi connectivity index (χ3n) is 14.6. The molecule has 0 aliphatic carbocycles. The molecule has 2 aliphatic rings. The first-order valence-corrected chi connectivity index (χ1v) is 29.5. The van der Waals surface area contributed by atoms with Gasteiger partial charge in [0.05, 0.1) is 24.8 Å². The van der Waals surface area contributed by atoms with E-state index in [-0.39, 0.29) is 34.7 Å². The van der Waals surface area contributed by atoms with Crippen LogP contribution in [0.15, 0.2) is 133 Å². The fourth-order valence-electron chi connectivity index (χ4n) is 11.1. The molecule has 0 saturated carbocycles. The summed E-state index contributed by atoms with van der Waals surface area (Å²) >= 11 is 6.15. The van der Waals surface area contributed by atoms with E-state index in [1.54, 1.807) is 26.8 Å². The summed E-state index contributed by atoms with van der Waals surface area (Å²) in [5.41, 5.74) is -3.10. The number of rotatable bonds is 26. The van der Waals surface area contributed by atoms with Crippen molar-refractivity contribution in [1.82, 2.24) is 4.90 Å². The molecule has 0 unspecified atom stereocenters. The summed E-state index contributed by atoms with van der Waals surface area (Å²) in [5.74, 6) is -2.21. The Kier molecular flexibility index (Phi) is 20.4. The number of esters is 1. The van der Waals surface area contributed by atoms with Crippen LogP contribution in [0.4, 0.5) is 0 Å². The summed E-state index contributed by atoms with van der Waals surface area (Å²) in [6.45, 7) is 19.4.